The van der Waals surface area contributed by atoms with E-state index >= 15 is 0 Å². The molecule has 0 aromatic heterocycles. The van der Waals surface area contributed by atoms with Crippen molar-refractivity contribution in [3.63, 3.8) is 0 Å². The zero-order valence-electron chi connectivity index (χ0n) is 11.2. The van der Waals surface area contributed by atoms with Crippen LogP contribution in [0.3, 0.4) is 0 Å². The molecule has 0 atom stereocenters. The van der Waals surface area contributed by atoms with Crippen LogP contribution in [0.15, 0.2) is 23.1 Å². The molecule has 0 radical (unpaired) electrons. The lowest BCUT2D eigenvalue weighted by Crippen LogP contribution is -2.34. The molecular formula is C12H16FNO5S. The SMILES string of the molecule is CCN(CCOC)S(=O)(=O)c1cc(C(=O)O)ccc1F. The fraction of sp³-hybridized carbons (Fsp3) is 0.417. The molecule has 6 nitrogen and oxygen atoms in total. The quantitative estimate of drug-likeness (QED) is 0.818. The molecule has 0 aliphatic carbocycles. The van der Waals surface area contributed by atoms with E-state index in [2.05, 4.69) is 0 Å². The maximum absolute atomic E-state index is 13.7. The Labute approximate surface area is 116 Å². The van der Waals surface area contributed by atoms with Crippen LogP contribution < -0.4 is 0 Å². The third kappa shape index (κ3) is 3.53. The fourth-order valence-corrected chi connectivity index (χ4v) is 3.14. The monoisotopic (exact) mass is 305 g/mol. The summed E-state index contributed by atoms with van der Waals surface area (Å²) < 4.78 is 44.2. The van der Waals surface area contributed by atoms with Crippen LogP contribution in [0.25, 0.3) is 0 Å². The van der Waals surface area contributed by atoms with Crippen LogP contribution in [0.5, 0.6) is 0 Å². The largest absolute Gasteiger partial charge is 0.478 e. The van der Waals surface area contributed by atoms with Gasteiger partial charge in [-0.05, 0) is 18.2 Å². The highest BCUT2D eigenvalue weighted by Crippen LogP contribution is 2.20. The van der Waals surface area contributed by atoms with Gasteiger partial charge in [0.25, 0.3) is 0 Å². The van der Waals surface area contributed by atoms with Crippen molar-refractivity contribution >= 4 is 16.0 Å². The minimum atomic E-state index is -4.10. The van der Waals surface area contributed by atoms with Gasteiger partial charge in [-0.15, -0.1) is 0 Å². The summed E-state index contributed by atoms with van der Waals surface area (Å²) in [4.78, 5) is 10.2. The average Bonchev–Trinajstić information content (AvgIpc) is 2.39. The Morgan fingerprint density at radius 1 is 1.45 bits per heavy atom. The van der Waals surface area contributed by atoms with Crippen LogP contribution in [0, 0.1) is 5.82 Å². The van der Waals surface area contributed by atoms with E-state index in [9.17, 15) is 17.6 Å². The van der Waals surface area contributed by atoms with Gasteiger partial charge in [0, 0.05) is 20.2 Å². The van der Waals surface area contributed by atoms with E-state index in [4.69, 9.17) is 9.84 Å². The second-order valence-electron chi connectivity index (χ2n) is 3.94. The third-order valence-electron chi connectivity index (χ3n) is 2.69. The number of benzene rings is 1. The van der Waals surface area contributed by atoms with Crippen LogP contribution >= 0.6 is 0 Å². The van der Waals surface area contributed by atoms with Crippen molar-refractivity contribution in [2.24, 2.45) is 0 Å². The maximum Gasteiger partial charge on any atom is 0.335 e. The van der Waals surface area contributed by atoms with E-state index in [1.807, 2.05) is 0 Å². The van der Waals surface area contributed by atoms with Gasteiger partial charge in [-0.1, -0.05) is 6.92 Å². The Morgan fingerprint density at radius 3 is 2.60 bits per heavy atom. The lowest BCUT2D eigenvalue weighted by molar-refractivity contribution is 0.0696. The Bertz CT molecular complexity index is 588. The fourth-order valence-electron chi connectivity index (χ4n) is 1.61. The van der Waals surface area contributed by atoms with Crippen LogP contribution in [-0.4, -0.2) is 50.6 Å². The van der Waals surface area contributed by atoms with Crippen LogP contribution in [0.4, 0.5) is 4.39 Å². The summed E-state index contributed by atoms with van der Waals surface area (Å²) in [6.07, 6.45) is 0. The summed E-state index contributed by atoms with van der Waals surface area (Å²) in [5.74, 6) is -2.30. The number of rotatable bonds is 7. The molecule has 0 fully saturated rings. The van der Waals surface area contributed by atoms with Crippen LogP contribution in [-0.2, 0) is 14.8 Å². The minimum Gasteiger partial charge on any atom is -0.478 e. The summed E-state index contributed by atoms with van der Waals surface area (Å²) in [5, 5.41) is 8.85. The molecule has 112 valence electrons. The molecule has 20 heavy (non-hydrogen) atoms. The Morgan fingerprint density at radius 2 is 2.10 bits per heavy atom. The number of hydrogen-bond acceptors (Lipinski definition) is 4. The average molecular weight is 305 g/mol. The van der Waals surface area contributed by atoms with E-state index in [-0.39, 0.29) is 25.3 Å². The number of ether oxygens (including phenoxy) is 1. The molecule has 1 rings (SSSR count). The molecule has 0 amide bonds. The van der Waals surface area contributed by atoms with E-state index in [0.717, 1.165) is 22.5 Å². The highest BCUT2D eigenvalue weighted by molar-refractivity contribution is 7.89. The number of nitrogens with zero attached hydrogens (tertiary/aromatic N) is 1. The molecule has 1 aromatic rings. The van der Waals surface area contributed by atoms with Crippen LogP contribution in [0.2, 0.25) is 0 Å². The third-order valence-corrected chi connectivity index (χ3v) is 4.68. The van der Waals surface area contributed by atoms with E-state index in [0.29, 0.717) is 0 Å². The number of methoxy groups -OCH3 is 1. The maximum atomic E-state index is 13.7. The smallest absolute Gasteiger partial charge is 0.335 e. The summed E-state index contributed by atoms with van der Waals surface area (Å²) in [7, 11) is -2.67. The number of aromatic carboxylic acids is 1. The normalized spacial score (nSPS) is 11.8. The first-order valence-electron chi connectivity index (χ1n) is 5.86. The van der Waals surface area contributed by atoms with Gasteiger partial charge in [0.15, 0.2) is 0 Å². The standard InChI is InChI=1S/C12H16FNO5S/c1-3-14(6-7-19-2)20(17,18)11-8-9(12(15)16)4-5-10(11)13/h4-5,8H,3,6-7H2,1-2H3,(H,15,16). The molecule has 1 aromatic carbocycles. The highest BCUT2D eigenvalue weighted by atomic mass is 32.2. The van der Waals surface area contributed by atoms with Crippen molar-refractivity contribution < 1.29 is 27.4 Å². The van der Waals surface area contributed by atoms with Crippen molar-refractivity contribution in [2.45, 2.75) is 11.8 Å². The Kier molecular flexibility index (Phi) is 5.61. The second-order valence-corrected chi connectivity index (χ2v) is 5.85. The lowest BCUT2D eigenvalue weighted by atomic mass is 10.2. The lowest BCUT2D eigenvalue weighted by Gasteiger charge is -2.20. The molecule has 0 spiro atoms. The predicted molar refractivity (Wildman–Crippen MR) is 69.7 cm³/mol. The molecule has 0 saturated carbocycles. The second kappa shape index (κ2) is 6.78. The van der Waals surface area contributed by atoms with E-state index in [1.165, 1.54) is 7.11 Å². The minimum absolute atomic E-state index is 0.0616. The van der Waals surface area contributed by atoms with Crippen molar-refractivity contribution in [3.05, 3.63) is 29.6 Å². The topological polar surface area (TPSA) is 83.9 Å². The summed E-state index contributed by atoms with van der Waals surface area (Å²) in [6.45, 7) is 1.95. The molecule has 0 aliphatic rings. The number of carboxylic acid groups (broad SMARTS) is 1. The molecule has 0 aliphatic heterocycles. The molecule has 1 N–H and O–H groups in total. The Hall–Kier alpha value is -1.51. The number of carboxylic acids is 1. The molecule has 0 heterocycles. The molecular weight excluding hydrogens is 289 g/mol. The molecule has 0 saturated heterocycles. The molecule has 8 heteroatoms. The van der Waals surface area contributed by atoms with Crippen molar-refractivity contribution in [1.29, 1.82) is 0 Å². The zero-order valence-corrected chi connectivity index (χ0v) is 12.0. The molecule has 0 bridgehead atoms. The summed E-state index contributed by atoms with van der Waals surface area (Å²) in [6, 6.07) is 2.67. The van der Waals surface area contributed by atoms with Gasteiger partial charge in [0.1, 0.15) is 10.7 Å². The van der Waals surface area contributed by atoms with Gasteiger partial charge >= 0.3 is 5.97 Å². The zero-order chi connectivity index (χ0) is 15.3. The number of sulfonamides is 1. The first-order chi connectivity index (χ1) is 9.34. The Balaban J connectivity index is 3.26. The van der Waals surface area contributed by atoms with Gasteiger partial charge in [-0.25, -0.2) is 17.6 Å². The van der Waals surface area contributed by atoms with Crippen LogP contribution in [0.1, 0.15) is 17.3 Å². The summed E-state index contributed by atoms with van der Waals surface area (Å²) in [5.41, 5.74) is -0.284. The van der Waals surface area contributed by atoms with Crippen molar-refractivity contribution in [1.82, 2.24) is 4.31 Å². The number of hydrogen-bond donors (Lipinski definition) is 1. The number of likely N-dealkylation sites (N-methyl/N-ethyl adjacent to an activating group) is 1. The number of halogens is 1. The van der Waals surface area contributed by atoms with E-state index < -0.39 is 26.7 Å². The van der Waals surface area contributed by atoms with Crippen molar-refractivity contribution in [3.8, 4) is 0 Å². The van der Waals surface area contributed by atoms with Gasteiger partial charge in [-0.3, -0.25) is 0 Å². The highest BCUT2D eigenvalue weighted by Gasteiger charge is 2.27. The molecule has 0 unspecified atom stereocenters. The summed E-state index contributed by atoms with van der Waals surface area (Å²) >= 11 is 0. The predicted octanol–water partition coefficient (Wildman–Crippen LogP) is 1.18. The first kappa shape index (κ1) is 16.5. The van der Waals surface area contributed by atoms with Crippen molar-refractivity contribution in [2.75, 3.05) is 26.8 Å². The van der Waals surface area contributed by atoms with Gasteiger partial charge in [-0.2, -0.15) is 4.31 Å². The first-order valence-corrected chi connectivity index (χ1v) is 7.30. The van der Waals surface area contributed by atoms with Gasteiger partial charge in [0.05, 0.1) is 12.2 Å². The van der Waals surface area contributed by atoms with Gasteiger partial charge < -0.3 is 9.84 Å². The van der Waals surface area contributed by atoms with Gasteiger partial charge in [0.2, 0.25) is 10.0 Å². The number of carbonyl (C=O) groups is 1. The van der Waals surface area contributed by atoms with E-state index in [1.54, 1.807) is 6.92 Å².